The largest absolute Gasteiger partial charge is 0.497 e. The van der Waals surface area contributed by atoms with Gasteiger partial charge in [-0.15, -0.1) is 0 Å². The van der Waals surface area contributed by atoms with E-state index in [1.54, 1.807) is 14.0 Å². The molecule has 1 unspecified atom stereocenters. The molecular weight excluding hydrogens is 188 g/mol. The van der Waals surface area contributed by atoms with Gasteiger partial charge < -0.3 is 4.74 Å². The van der Waals surface area contributed by atoms with E-state index in [0.29, 0.717) is 0 Å². The summed E-state index contributed by atoms with van der Waals surface area (Å²) in [6, 6.07) is 7.72. The molecule has 0 amide bonds. The summed E-state index contributed by atoms with van der Waals surface area (Å²) in [5.74, 6) is 0.999. The van der Waals surface area contributed by atoms with E-state index in [1.165, 1.54) is 0 Å². The molecule has 0 aliphatic heterocycles. The van der Waals surface area contributed by atoms with E-state index >= 15 is 0 Å². The monoisotopic (exact) mass is 204 g/mol. The molecule has 0 fully saturated rings. The molecule has 0 heterocycles. The molecule has 2 nitrogen and oxygen atoms in total. The van der Waals surface area contributed by atoms with Crippen molar-refractivity contribution in [2.75, 3.05) is 7.11 Å². The molecule has 1 aromatic carbocycles. The van der Waals surface area contributed by atoms with Gasteiger partial charge in [-0.05, 0) is 24.6 Å². The Balaban J connectivity index is 2.68. The van der Waals surface area contributed by atoms with Gasteiger partial charge >= 0.3 is 0 Å². The number of carbonyl (C=O) groups excluding carboxylic acids is 1. The van der Waals surface area contributed by atoms with Crippen molar-refractivity contribution in [1.82, 2.24) is 0 Å². The zero-order valence-electron chi connectivity index (χ0n) is 9.36. The molecule has 0 aliphatic rings. The molecule has 1 rings (SSSR count). The molecule has 15 heavy (non-hydrogen) atoms. The van der Waals surface area contributed by atoms with Gasteiger partial charge in [0.15, 0.2) is 0 Å². The molecule has 0 aliphatic carbocycles. The Morgan fingerprint density at radius 1 is 1.33 bits per heavy atom. The summed E-state index contributed by atoms with van der Waals surface area (Å²) < 4.78 is 5.05. The van der Waals surface area contributed by atoms with Gasteiger partial charge in [-0.1, -0.05) is 31.2 Å². The number of hydrogen-bond acceptors (Lipinski definition) is 2. The van der Waals surface area contributed by atoms with Gasteiger partial charge in [0.05, 0.1) is 7.11 Å². The molecule has 0 saturated heterocycles. The molecule has 1 atom stereocenters. The van der Waals surface area contributed by atoms with Gasteiger partial charge in [0.25, 0.3) is 0 Å². The number of benzene rings is 1. The van der Waals surface area contributed by atoms with E-state index in [1.807, 2.05) is 43.3 Å². The molecule has 0 saturated carbocycles. The predicted molar refractivity (Wildman–Crippen MR) is 61.9 cm³/mol. The second kappa shape index (κ2) is 5.35. The summed E-state index contributed by atoms with van der Waals surface area (Å²) in [5, 5.41) is 0. The van der Waals surface area contributed by atoms with Crippen LogP contribution in [0.5, 0.6) is 5.75 Å². The Hall–Kier alpha value is -1.57. The Bertz CT molecular complexity index is 349. The summed E-state index contributed by atoms with van der Waals surface area (Å²) in [4.78, 5) is 11.0. The summed E-state index contributed by atoms with van der Waals surface area (Å²) >= 11 is 0. The third-order valence-corrected chi connectivity index (χ3v) is 2.33. The van der Waals surface area contributed by atoms with Crippen LogP contribution in [0.1, 0.15) is 19.4 Å². The molecule has 2 heteroatoms. The van der Waals surface area contributed by atoms with Crippen molar-refractivity contribution in [2.24, 2.45) is 5.92 Å². The summed E-state index contributed by atoms with van der Waals surface area (Å²) in [5.41, 5.74) is 1.07. The van der Waals surface area contributed by atoms with Crippen LogP contribution in [0.15, 0.2) is 30.3 Å². The maximum absolute atomic E-state index is 11.0. The number of methoxy groups -OCH3 is 1. The maximum Gasteiger partial charge on any atom is 0.136 e. The average Bonchev–Trinajstić information content (AvgIpc) is 2.26. The fourth-order valence-corrected chi connectivity index (χ4v) is 1.11. The topological polar surface area (TPSA) is 26.3 Å². The zero-order valence-corrected chi connectivity index (χ0v) is 9.36. The smallest absolute Gasteiger partial charge is 0.136 e. The zero-order chi connectivity index (χ0) is 11.3. The van der Waals surface area contributed by atoms with Gasteiger partial charge in [-0.3, -0.25) is 4.79 Å². The number of rotatable bonds is 4. The third-order valence-electron chi connectivity index (χ3n) is 2.33. The van der Waals surface area contributed by atoms with Crippen LogP contribution in [0.25, 0.3) is 6.08 Å². The van der Waals surface area contributed by atoms with Crippen molar-refractivity contribution in [3.63, 3.8) is 0 Å². The second-order valence-electron chi connectivity index (χ2n) is 3.53. The van der Waals surface area contributed by atoms with Crippen LogP contribution in [0.3, 0.4) is 0 Å². The van der Waals surface area contributed by atoms with Gasteiger partial charge in [0.2, 0.25) is 0 Å². The SMILES string of the molecule is COc1ccc(/C=C/C(C)C(C)=O)cc1. The van der Waals surface area contributed by atoms with Crippen LogP contribution in [0, 0.1) is 5.92 Å². The standard InChI is InChI=1S/C13H16O2/c1-10(11(2)14)4-5-12-6-8-13(15-3)9-7-12/h4-10H,1-3H3/b5-4+. The lowest BCUT2D eigenvalue weighted by molar-refractivity contribution is -0.118. The highest BCUT2D eigenvalue weighted by Gasteiger charge is 2.01. The lowest BCUT2D eigenvalue weighted by Gasteiger charge is -2.01. The number of carbonyl (C=O) groups is 1. The van der Waals surface area contributed by atoms with Gasteiger partial charge in [-0.2, -0.15) is 0 Å². The van der Waals surface area contributed by atoms with Crippen LogP contribution < -0.4 is 4.74 Å². The Morgan fingerprint density at radius 2 is 1.93 bits per heavy atom. The normalized spacial score (nSPS) is 12.7. The summed E-state index contributed by atoms with van der Waals surface area (Å²) in [6.45, 7) is 3.49. The van der Waals surface area contributed by atoms with E-state index in [0.717, 1.165) is 11.3 Å². The Kier molecular flexibility index (Phi) is 4.10. The maximum atomic E-state index is 11.0. The van der Waals surface area contributed by atoms with E-state index in [4.69, 9.17) is 4.74 Å². The van der Waals surface area contributed by atoms with Crippen LogP contribution in [0.4, 0.5) is 0 Å². The van der Waals surface area contributed by atoms with Crippen molar-refractivity contribution < 1.29 is 9.53 Å². The number of hydrogen-bond donors (Lipinski definition) is 0. The minimum Gasteiger partial charge on any atom is -0.497 e. The Labute approximate surface area is 90.6 Å². The van der Waals surface area contributed by atoms with Crippen molar-refractivity contribution in [1.29, 1.82) is 0 Å². The lowest BCUT2D eigenvalue weighted by atomic mass is 10.1. The molecule has 0 aromatic heterocycles. The van der Waals surface area contributed by atoms with Gasteiger partial charge in [0, 0.05) is 5.92 Å². The first-order valence-corrected chi connectivity index (χ1v) is 4.96. The number of allylic oxidation sites excluding steroid dienone is 1. The number of ketones is 1. The van der Waals surface area contributed by atoms with E-state index in [-0.39, 0.29) is 11.7 Å². The average molecular weight is 204 g/mol. The molecule has 0 N–H and O–H groups in total. The number of ether oxygens (including phenoxy) is 1. The Morgan fingerprint density at radius 3 is 2.40 bits per heavy atom. The van der Waals surface area contributed by atoms with Crippen LogP contribution in [-0.4, -0.2) is 12.9 Å². The molecule has 0 bridgehead atoms. The highest BCUT2D eigenvalue weighted by atomic mass is 16.5. The lowest BCUT2D eigenvalue weighted by Crippen LogP contribution is -2.01. The minimum atomic E-state index is -0.0212. The molecule has 1 aromatic rings. The van der Waals surface area contributed by atoms with Crippen molar-refractivity contribution >= 4 is 11.9 Å². The van der Waals surface area contributed by atoms with Crippen LogP contribution in [-0.2, 0) is 4.79 Å². The quantitative estimate of drug-likeness (QED) is 0.753. The van der Waals surface area contributed by atoms with Gasteiger partial charge in [0.1, 0.15) is 11.5 Å². The van der Waals surface area contributed by atoms with Gasteiger partial charge in [-0.25, -0.2) is 0 Å². The van der Waals surface area contributed by atoms with E-state index in [2.05, 4.69) is 0 Å². The van der Waals surface area contributed by atoms with Crippen molar-refractivity contribution in [3.8, 4) is 5.75 Å². The summed E-state index contributed by atoms with van der Waals surface area (Å²) in [6.07, 6.45) is 3.86. The molecular formula is C13H16O2. The molecule has 80 valence electrons. The molecule has 0 spiro atoms. The predicted octanol–water partition coefficient (Wildman–Crippen LogP) is 2.93. The van der Waals surface area contributed by atoms with Crippen LogP contribution in [0.2, 0.25) is 0 Å². The third kappa shape index (κ3) is 3.58. The first kappa shape index (κ1) is 11.5. The highest BCUT2D eigenvalue weighted by Crippen LogP contribution is 2.13. The van der Waals surface area contributed by atoms with E-state index < -0.39 is 0 Å². The number of Topliss-reactive ketones (excluding diaryl/α,β-unsaturated/α-hetero) is 1. The first-order valence-electron chi connectivity index (χ1n) is 4.96. The van der Waals surface area contributed by atoms with Crippen molar-refractivity contribution in [2.45, 2.75) is 13.8 Å². The fourth-order valence-electron chi connectivity index (χ4n) is 1.11. The van der Waals surface area contributed by atoms with Crippen LogP contribution >= 0.6 is 0 Å². The van der Waals surface area contributed by atoms with Crippen molar-refractivity contribution in [3.05, 3.63) is 35.9 Å². The minimum absolute atomic E-state index is 0.0212. The van der Waals surface area contributed by atoms with E-state index in [9.17, 15) is 4.79 Å². The molecule has 0 radical (unpaired) electrons. The second-order valence-corrected chi connectivity index (χ2v) is 3.53. The first-order chi connectivity index (χ1) is 7.13. The highest BCUT2D eigenvalue weighted by molar-refractivity contribution is 5.80. The summed E-state index contributed by atoms with van der Waals surface area (Å²) in [7, 11) is 1.64. The fraction of sp³-hybridized carbons (Fsp3) is 0.308.